The molecule has 2 aromatic carbocycles. The van der Waals surface area contributed by atoms with E-state index in [-0.39, 0.29) is 5.91 Å². The number of aromatic nitrogens is 2. The van der Waals surface area contributed by atoms with Crippen LogP contribution in [0.3, 0.4) is 0 Å². The molecular formula is C20H20BrN3O2. The third-order valence-electron chi connectivity index (χ3n) is 4.08. The summed E-state index contributed by atoms with van der Waals surface area (Å²) in [7, 11) is 1.67. The van der Waals surface area contributed by atoms with Crippen LogP contribution in [-0.4, -0.2) is 22.8 Å². The third-order valence-corrected chi connectivity index (χ3v) is 4.61. The molecule has 26 heavy (non-hydrogen) atoms. The summed E-state index contributed by atoms with van der Waals surface area (Å²) in [5.41, 5.74) is 4.40. The molecule has 1 amide bonds. The predicted octanol–water partition coefficient (Wildman–Crippen LogP) is 4.02. The first-order valence-electron chi connectivity index (χ1n) is 8.24. The zero-order valence-electron chi connectivity index (χ0n) is 14.7. The molecule has 0 spiro atoms. The summed E-state index contributed by atoms with van der Waals surface area (Å²) in [6.07, 6.45) is 1.61. The van der Waals surface area contributed by atoms with Crippen LogP contribution in [0.25, 0.3) is 5.69 Å². The van der Waals surface area contributed by atoms with Gasteiger partial charge in [-0.05, 0) is 42.3 Å². The Morgan fingerprint density at radius 3 is 2.65 bits per heavy atom. The number of nitrogens with one attached hydrogen (secondary N) is 1. The second kappa shape index (κ2) is 8.29. The fraction of sp³-hybridized carbons (Fsp3) is 0.200. The van der Waals surface area contributed by atoms with Crippen LogP contribution in [0.4, 0.5) is 0 Å². The normalized spacial score (nSPS) is 10.7. The van der Waals surface area contributed by atoms with Crippen molar-refractivity contribution in [2.75, 3.05) is 7.11 Å². The number of hydrogen-bond donors (Lipinski definition) is 1. The molecule has 0 saturated heterocycles. The molecule has 3 rings (SSSR count). The minimum absolute atomic E-state index is 0.136. The number of methoxy groups -OCH3 is 1. The molecule has 134 valence electrons. The van der Waals surface area contributed by atoms with Crippen molar-refractivity contribution in [1.82, 2.24) is 15.1 Å². The van der Waals surface area contributed by atoms with Gasteiger partial charge in [0.25, 0.3) is 5.91 Å². The first-order valence-corrected chi connectivity index (χ1v) is 9.03. The molecule has 1 heterocycles. The van der Waals surface area contributed by atoms with Crippen LogP contribution in [0.1, 0.15) is 27.2 Å². The van der Waals surface area contributed by atoms with Crippen LogP contribution in [-0.2, 0) is 17.9 Å². The van der Waals surface area contributed by atoms with E-state index in [1.165, 1.54) is 0 Å². The second-order valence-corrected chi connectivity index (χ2v) is 6.88. The molecule has 1 aromatic heterocycles. The van der Waals surface area contributed by atoms with Gasteiger partial charge in [0.2, 0.25) is 0 Å². The summed E-state index contributed by atoms with van der Waals surface area (Å²) >= 11 is 3.42. The Kier molecular flexibility index (Phi) is 5.85. The zero-order valence-corrected chi connectivity index (χ0v) is 16.3. The predicted molar refractivity (Wildman–Crippen MR) is 104 cm³/mol. The smallest absolute Gasteiger partial charge is 0.255 e. The SMILES string of the molecule is COCc1cccc(CNC(=O)c2cnn(-c3ccc(Br)cc3)c2C)c1. The van der Waals surface area contributed by atoms with Gasteiger partial charge in [-0.25, -0.2) is 4.68 Å². The highest BCUT2D eigenvalue weighted by atomic mass is 79.9. The molecular weight excluding hydrogens is 394 g/mol. The molecule has 0 aliphatic heterocycles. The van der Waals surface area contributed by atoms with Crippen molar-refractivity contribution in [3.63, 3.8) is 0 Å². The number of carbonyl (C=O) groups excluding carboxylic acids is 1. The lowest BCUT2D eigenvalue weighted by molar-refractivity contribution is 0.0950. The first-order chi connectivity index (χ1) is 12.6. The van der Waals surface area contributed by atoms with E-state index >= 15 is 0 Å². The average molecular weight is 414 g/mol. The quantitative estimate of drug-likeness (QED) is 0.663. The van der Waals surface area contributed by atoms with Gasteiger partial charge in [0, 0.05) is 18.1 Å². The number of rotatable bonds is 6. The van der Waals surface area contributed by atoms with Crippen LogP contribution >= 0.6 is 15.9 Å². The Morgan fingerprint density at radius 1 is 1.19 bits per heavy atom. The molecule has 5 nitrogen and oxygen atoms in total. The Morgan fingerprint density at radius 2 is 1.92 bits per heavy atom. The van der Waals surface area contributed by atoms with Crippen molar-refractivity contribution in [3.05, 3.63) is 81.6 Å². The highest BCUT2D eigenvalue weighted by Gasteiger charge is 2.15. The molecule has 0 bridgehead atoms. The minimum atomic E-state index is -0.136. The summed E-state index contributed by atoms with van der Waals surface area (Å²) < 4.78 is 7.91. The number of halogens is 1. The van der Waals surface area contributed by atoms with E-state index in [1.54, 1.807) is 18.0 Å². The van der Waals surface area contributed by atoms with Crippen LogP contribution < -0.4 is 5.32 Å². The van der Waals surface area contributed by atoms with Gasteiger partial charge >= 0.3 is 0 Å². The van der Waals surface area contributed by atoms with Gasteiger partial charge in [-0.15, -0.1) is 0 Å². The molecule has 0 saturated carbocycles. The number of carbonyl (C=O) groups is 1. The van der Waals surface area contributed by atoms with Crippen molar-refractivity contribution < 1.29 is 9.53 Å². The maximum atomic E-state index is 12.6. The molecule has 1 N–H and O–H groups in total. The van der Waals surface area contributed by atoms with E-state index in [0.717, 1.165) is 27.0 Å². The fourth-order valence-electron chi connectivity index (χ4n) is 2.75. The zero-order chi connectivity index (χ0) is 18.5. The Balaban J connectivity index is 1.71. The van der Waals surface area contributed by atoms with E-state index < -0.39 is 0 Å². The van der Waals surface area contributed by atoms with Gasteiger partial charge in [0.1, 0.15) is 0 Å². The number of amides is 1. The highest BCUT2D eigenvalue weighted by molar-refractivity contribution is 9.10. The maximum absolute atomic E-state index is 12.6. The second-order valence-electron chi connectivity index (χ2n) is 5.97. The van der Waals surface area contributed by atoms with E-state index in [4.69, 9.17) is 4.74 Å². The summed E-state index contributed by atoms with van der Waals surface area (Å²) in [5.74, 6) is -0.136. The lowest BCUT2D eigenvalue weighted by Gasteiger charge is -2.08. The minimum Gasteiger partial charge on any atom is -0.380 e. The van der Waals surface area contributed by atoms with Crippen molar-refractivity contribution in [2.24, 2.45) is 0 Å². The van der Waals surface area contributed by atoms with Crippen molar-refractivity contribution in [2.45, 2.75) is 20.1 Å². The van der Waals surface area contributed by atoms with Crippen LogP contribution in [0.2, 0.25) is 0 Å². The number of ether oxygens (including phenoxy) is 1. The van der Waals surface area contributed by atoms with Gasteiger partial charge in [-0.1, -0.05) is 40.2 Å². The Bertz CT molecular complexity index is 904. The Labute approximate surface area is 161 Å². The lowest BCUT2D eigenvalue weighted by atomic mass is 10.1. The van der Waals surface area contributed by atoms with Crippen LogP contribution in [0.5, 0.6) is 0 Å². The topological polar surface area (TPSA) is 56.1 Å². The van der Waals surface area contributed by atoms with Crippen LogP contribution in [0.15, 0.2) is 59.2 Å². The van der Waals surface area contributed by atoms with E-state index in [0.29, 0.717) is 18.7 Å². The van der Waals surface area contributed by atoms with Crippen molar-refractivity contribution >= 4 is 21.8 Å². The summed E-state index contributed by atoms with van der Waals surface area (Å²) in [5, 5.41) is 7.31. The van der Waals surface area contributed by atoms with Gasteiger partial charge in [0.15, 0.2) is 0 Å². The molecule has 0 unspecified atom stereocenters. The van der Waals surface area contributed by atoms with Gasteiger partial charge in [0.05, 0.1) is 29.7 Å². The number of benzene rings is 2. The maximum Gasteiger partial charge on any atom is 0.255 e. The largest absolute Gasteiger partial charge is 0.380 e. The average Bonchev–Trinajstić information content (AvgIpc) is 3.03. The molecule has 0 radical (unpaired) electrons. The van der Waals surface area contributed by atoms with Gasteiger partial charge in [-0.2, -0.15) is 5.10 Å². The molecule has 0 fully saturated rings. The van der Waals surface area contributed by atoms with Crippen molar-refractivity contribution in [1.29, 1.82) is 0 Å². The molecule has 0 atom stereocenters. The third kappa shape index (κ3) is 4.20. The molecule has 6 heteroatoms. The van der Waals surface area contributed by atoms with Crippen molar-refractivity contribution in [3.8, 4) is 5.69 Å². The molecule has 0 aliphatic carbocycles. The van der Waals surface area contributed by atoms with E-state index in [1.807, 2.05) is 55.5 Å². The van der Waals surface area contributed by atoms with E-state index in [9.17, 15) is 4.79 Å². The lowest BCUT2D eigenvalue weighted by Crippen LogP contribution is -2.23. The van der Waals surface area contributed by atoms with Gasteiger partial charge in [-0.3, -0.25) is 4.79 Å². The summed E-state index contributed by atoms with van der Waals surface area (Å²) in [6, 6.07) is 15.8. The van der Waals surface area contributed by atoms with E-state index in [2.05, 4.69) is 26.3 Å². The standard InChI is InChI=1S/C20H20BrN3O2/c1-14-19(12-23-24(14)18-8-6-17(21)7-9-18)20(25)22-11-15-4-3-5-16(10-15)13-26-2/h3-10,12H,11,13H2,1-2H3,(H,22,25). The summed E-state index contributed by atoms with van der Waals surface area (Å²) in [4.78, 5) is 12.6. The fourth-order valence-corrected chi connectivity index (χ4v) is 3.01. The number of nitrogens with zero attached hydrogens (tertiary/aromatic N) is 2. The Hall–Kier alpha value is -2.44. The highest BCUT2D eigenvalue weighted by Crippen LogP contribution is 2.17. The first kappa shape index (κ1) is 18.4. The molecule has 3 aromatic rings. The summed E-state index contributed by atoms with van der Waals surface area (Å²) in [6.45, 7) is 2.91. The molecule has 0 aliphatic rings. The monoisotopic (exact) mass is 413 g/mol. The van der Waals surface area contributed by atoms with Gasteiger partial charge < -0.3 is 10.1 Å². The number of hydrogen-bond acceptors (Lipinski definition) is 3. The van der Waals surface area contributed by atoms with Crippen LogP contribution in [0, 0.1) is 6.92 Å².